The predicted octanol–water partition coefficient (Wildman–Crippen LogP) is 1.06. The monoisotopic (exact) mass is 349 g/mol. The summed E-state index contributed by atoms with van der Waals surface area (Å²) in [7, 11) is 6.76. The Morgan fingerprint density at radius 2 is 1.60 bits per heavy atom. The van der Waals surface area contributed by atoms with E-state index in [0.717, 1.165) is 18.6 Å². The van der Waals surface area contributed by atoms with Crippen LogP contribution < -0.4 is 19.1 Å². The van der Waals surface area contributed by atoms with Crippen molar-refractivity contribution in [2.45, 2.75) is 37.8 Å². The van der Waals surface area contributed by atoms with Crippen LogP contribution in [-0.4, -0.2) is 52.1 Å². The summed E-state index contributed by atoms with van der Waals surface area (Å²) in [5.41, 5.74) is 1.28. The molecule has 7 nitrogen and oxygen atoms in total. The van der Waals surface area contributed by atoms with E-state index >= 15 is 0 Å². The molecule has 25 heavy (non-hydrogen) atoms. The van der Waals surface area contributed by atoms with Crippen LogP contribution in [-0.2, 0) is 4.84 Å². The topological polar surface area (TPSA) is 70.8 Å². The molecule has 2 bridgehead atoms. The molecule has 2 aliphatic rings. The summed E-state index contributed by atoms with van der Waals surface area (Å²) < 4.78 is 15.8. The lowest BCUT2D eigenvalue weighted by Gasteiger charge is -2.28. The van der Waals surface area contributed by atoms with Crippen LogP contribution in [0.1, 0.15) is 36.0 Å². The number of hydrogen-bond acceptors (Lipinski definition) is 6. The molecular formula is C18H25N2O5+. The highest BCUT2D eigenvalue weighted by Crippen LogP contribution is 2.38. The summed E-state index contributed by atoms with van der Waals surface area (Å²) in [6, 6.07) is 4.31. The maximum Gasteiger partial charge on any atom is 0.365 e. The first-order valence-corrected chi connectivity index (χ1v) is 8.47. The summed E-state index contributed by atoms with van der Waals surface area (Å²) in [4.78, 5) is 19.1. The summed E-state index contributed by atoms with van der Waals surface area (Å²) >= 11 is 0. The molecule has 2 fully saturated rings. The lowest BCUT2D eigenvalue weighted by atomic mass is 10.0. The Hall–Kier alpha value is -2.28. The summed E-state index contributed by atoms with van der Waals surface area (Å²) in [6.45, 7) is 0. The average Bonchev–Trinajstić information content (AvgIpc) is 2.85. The van der Waals surface area contributed by atoms with Crippen LogP contribution in [0, 0.1) is 0 Å². The van der Waals surface area contributed by atoms with E-state index in [-0.39, 0.29) is 0 Å². The molecule has 0 saturated carbocycles. The lowest BCUT2D eigenvalue weighted by Crippen LogP contribution is -3.15. The van der Waals surface area contributed by atoms with Gasteiger partial charge in [0.2, 0.25) is 5.75 Å². The van der Waals surface area contributed by atoms with E-state index in [1.54, 1.807) is 17.0 Å². The zero-order chi connectivity index (χ0) is 18.0. The van der Waals surface area contributed by atoms with Gasteiger partial charge < -0.3 is 23.9 Å². The quantitative estimate of drug-likeness (QED) is 0.636. The molecule has 1 aromatic carbocycles. The second-order valence-electron chi connectivity index (χ2n) is 6.57. The van der Waals surface area contributed by atoms with Crippen molar-refractivity contribution in [1.29, 1.82) is 0 Å². The molecule has 2 aliphatic heterocycles. The lowest BCUT2D eigenvalue weighted by molar-refractivity contribution is -0.917. The molecule has 3 rings (SSSR count). The minimum atomic E-state index is -0.537. The van der Waals surface area contributed by atoms with Crippen molar-refractivity contribution in [3.63, 3.8) is 0 Å². The molecule has 0 aliphatic carbocycles. The summed E-state index contributed by atoms with van der Waals surface area (Å²) in [5.74, 6) is 0.706. The molecule has 2 saturated heterocycles. The van der Waals surface area contributed by atoms with Gasteiger partial charge in [-0.05, 0) is 12.1 Å². The zero-order valence-corrected chi connectivity index (χ0v) is 15.1. The van der Waals surface area contributed by atoms with Crippen LogP contribution in [0.3, 0.4) is 0 Å². The Labute approximate surface area is 147 Å². The van der Waals surface area contributed by atoms with Gasteiger partial charge in [0, 0.05) is 25.7 Å². The predicted molar refractivity (Wildman–Crippen MR) is 91.9 cm³/mol. The van der Waals surface area contributed by atoms with Crippen LogP contribution in [0.5, 0.6) is 17.2 Å². The molecule has 3 atom stereocenters. The fraction of sp³-hybridized carbons (Fsp3) is 0.556. The van der Waals surface area contributed by atoms with Gasteiger partial charge >= 0.3 is 5.97 Å². The van der Waals surface area contributed by atoms with E-state index in [2.05, 4.69) is 12.2 Å². The zero-order valence-electron chi connectivity index (χ0n) is 15.1. The number of ether oxygens (including phenoxy) is 3. The van der Waals surface area contributed by atoms with Crippen LogP contribution in [0.25, 0.3) is 0 Å². The molecule has 0 aromatic heterocycles. The second-order valence-corrected chi connectivity index (χ2v) is 6.57. The number of benzene rings is 1. The van der Waals surface area contributed by atoms with E-state index < -0.39 is 5.97 Å². The van der Waals surface area contributed by atoms with Crippen molar-refractivity contribution in [1.82, 2.24) is 0 Å². The molecule has 136 valence electrons. The molecule has 2 heterocycles. The third kappa shape index (κ3) is 3.42. The van der Waals surface area contributed by atoms with Gasteiger partial charge in [0.15, 0.2) is 11.5 Å². The number of carbonyl (C=O) groups is 1. The third-order valence-electron chi connectivity index (χ3n) is 5.27. The van der Waals surface area contributed by atoms with Gasteiger partial charge in [0.05, 0.1) is 51.7 Å². The normalized spacial score (nSPS) is 26.4. The van der Waals surface area contributed by atoms with Gasteiger partial charge in [-0.25, -0.2) is 4.79 Å². The number of carbonyl (C=O) groups excluding carboxylic acids is 1. The molecule has 0 radical (unpaired) electrons. The molecule has 1 N–H and O–H groups in total. The number of nitrogens with zero attached hydrogens (tertiary/aromatic N) is 1. The minimum absolute atomic E-state index is 0.306. The number of methoxy groups -OCH3 is 3. The highest BCUT2D eigenvalue weighted by Gasteiger charge is 2.41. The highest BCUT2D eigenvalue weighted by atomic mass is 16.7. The van der Waals surface area contributed by atoms with Crippen molar-refractivity contribution in [3.8, 4) is 17.2 Å². The van der Waals surface area contributed by atoms with Gasteiger partial charge in [-0.3, -0.25) is 0 Å². The fourth-order valence-electron chi connectivity index (χ4n) is 3.80. The van der Waals surface area contributed by atoms with Gasteiger partial charge in [-0.2, -0.15) is 0 Å². The van der Waals surface area contributed by atoms with Crippen molar-refractivity contribution < 1.29 is 28.7 Å². The third-order valence-corrected chi connectivity index (χ3v) is 5.27. The fourth-order valence-corrected chi connectivity index (χ4v) is 3.80. The van der Waals surface area contributed by atoms with Crippen LogP contribution >= 0.6 is 0 Å². The van der Waals surface area contributed by atoms with Crippen LogP contribution in [0.4, 0.5) is 0 Å². The Kier molecular flexibility index (Phi) is 5.13. The standard InChI is InChI=1S/C18H24N2O5/c1-20-13-5-6-14(20)10-12(9-13)19-25-18(21)11-7-15(22-2)17(24-4)16(8-11)23-3/h7-8,13-14H,5-6,9-10H2,1-4H3/p+1/t13-,14+. The van der Waals surface area contributed by atoms with Gasteiger partial charge in [0.25, 0.3) is 0 Å². The first-order chi connectivity index (χ1) is 12.1. The molecule has 1 aromatic rings. The Morgan fingerprint density at radius 3 is 2.08 bits per heavy atom. The van der Waals surface area contributed by atoms with Gasteiger partial charge in [-0.1, -0.05) is 5.16 Å². The van der Waals surface area contributed by atoms with Crippen LogP contribution in [0.15, 0.2) is 17.3 Å². The molecule has 7 heteroatoms. The first kappa shape index (κ1) is 17.5. The second kappa shape index (κ2) is 7.31. The minimum Gasteiger partial charge on any atom is -0.493 e. The summed E-state index contributed by atoms with van der Waals surface area (Å²) in [5, 5.41) is 4.13. The number of hydrogen-bond donors (Lipinski definition) is 1. The number of piperidine rings is 1. The highest BCUT2D eigenvalue weighted by molar-refractivity contribution is 5.92. The molecule has 0 spiro atoms. The smallest absolute Gasteiger partial charge is 0.365 e. The van der Waals surface area contributed by atoms with Gasteiger partial charge in [-0.15, -0.1) is 0 Å². The number of fused-ring (bicyclic) bond motifs is 2. The molecule has 0 amide bonds. The van der Waals surface area contributed by atoms with E-state index in [9.17, 15) is 4.79 Å². The first-order valence-electron chi connectivity index (χ1n) is 8.47. The maximum absolute atomic E-state index is 12.4. The Balaban J connectivity index is 1.74. The van der Waals surface area contributed by atoms with E-state index in [4.69, 9.17) is 19.0 Å². The average molecular weight is 349 g/mol. The molecular weight excluding hydrogens is 324 g/mol. The van der Waals surface area contributed by atoms with Gasteiger partial charge in [0.1, 0.15) is 0 Å². The Morgan fingerprint density at radius 1 is 1.04 bits per heavy atom. The van der Waals surface area contributed by atoms with Crippen LogP contribution in [0.2, 0.25) is 0 Å². The maximum atomic E-state index is 12.4. The number of quaternary nitrogens is 1. The number of oxime groups is 1. The molecule has 1 unspecified atom stereocenters. The van der Waals surface area contributed by atoms with E-state index in [0.29, 0.717) is 34.9 Å². The van der Waals surface area contributed by atoms with Crippen molar-refractivity contribution >= 4 is 11.7 Å². The number of rotatable bonds is 5. The van der Waals surface area contributed by atoms with E-state index in [1.807, 2.05) is 0 Å². The van der Waals surface area contributed by atoms with Crippen molar-refractivity contribution in [3.05, 3.63) is 17.7 Å². The number of nitrogens with one attached hydrogen (secondary N) is 1. The Bertz CT molecular complexity index is 647. The van der Waals surface area contributed by atoms with Crippen molar-refractivity contribution in [2.75, 3.05) is 28.4 Å². The van der Waals surface area contributed by atoms with Crippen molar-refractivity contribution in [2.24, 2.45) is 5.16 Å². The summed E-state index contributed by atoms with van der Waals surface area (Å²) in [6.07, 6.45) is 4.22. The van der Waals surface area contributed by atoms with E-state index in [1.165, 1.54) is 34.2 Å². The largest absolute Gasteiger partial charge is 0.493 e. The SMILES string of the molecule is COc1cc(C(=O)ON=C2C[C@H]3CC[C@@H](C2)[NH+]3C)cc(OC)c1OC.